The van der Waals surface area contributed by atoms with Crippen molar-refractivity contribution in [3.05, 3.63) is 96.5 Å². The summed E-state index contributed by atoms with van der Waals surface area (Å²) in [6.45, 7) is 0. The second-order valence-corrected chi connectivity index (χ2v) is 13.8. The van der Waals surface area contributed by atoms with Crippen molar-refractivity contribution in [2.75, 3.05) is 7.11 Å². The molecule has 0 saturated heterocycles. The molecule has 3 aromatic carbocycles. The number of ether oxygens (including phenoxy) is 1. The molecule has 148 valence electrons. The van der Waals surface area contributed by atoms with Gasteiger partial charge in [0.2, 0.25) is 0 Å². The molecule has 1 N–H and O–H groups in total. The molecule has 0 aliphatic rings. The second kappa shape index (κ2) is 9.86. The van der Waals surface area contributed by atoms with E-state index in [9.17, 15) is 9.90 Å². The number of hydrogen-bond acceptors (Lipinski definition) is 3. The van der Waals surface area contributed by atoms with Crippen LogP contribution in [0.15, 0.2) is 91.0 Å². The number of methoxy groups -OCH3 is 1. The Kier molecular flexibility index (Phi) is 7.00. The number of carbonyl (C=O) groups is 1. The maximum absolute atomic E-state index is 11.8. The van der Waals surface area contributed by atoms with Crippen LogP contribution in [0.4, 0.5) is 0 Å². The van der Waals surface area contributed by atoms with Crippen LogP contribution in [-0.2, 0) is 9.53 Å². The van der Waals surface area contributed by atoms with Crippen molar-refractivity contribution >= 4 is 38.1 Å². The molecule has 5 nitrogen and oxygen atoms in total. The Morgan fingerprint density at radius 2 is 1.30 bits per heavy atom. The van der Waals surface area contributed by atoms with Crippen LogP contribution < -0.4 is 13.2 Å². The van der Waals surface area contributed by atoms with Gasteiger partial charge < -0.3 is 0 Å². The molecule has 3 aromatic rings. The zero-order chi connectivity index (χ0) is 21.4. The molecule has 0 aliphatic carbocycles. The van der Waals surface area contributed by atoms with Crippen molar-refractivity contribution in [2.24, 2.45) is 0 Å². The zero-order valence-electron chi connectivity index (χ0n) is 16.4. The fourth-order valence-electron chi connectivity index (χ4n) is 3.34. The molecule has 1 unspecified atom stereocenters. The number of benzene rings is 3. The second-order valence-electron chi connectivity index (χ2n) is 6.50. The fourth-order valence-corrected chi connectivity index (χ4v) is 11.4. The standard InChI is InChI=1S/C24H20GeN2O3/c1-30-24(29)23(27-26)22(28)17-18-25(19-11-5-2-6-12-19,20-13-7-3-8-14-20)21-15-9-4-10-16-21/h2-16,22,28H,1H3. The van der Waals surface area contributed by atoms with Gasteiger partial charge in [0.25, 0.3) is 0 Å². The average molecular weight is 457 g/mol. The van der Waals surface area contributed by atoms with Gasteiger partial charge in [-0.15, -0.1) is 0 Å². The summed E-state index contributed by atoms with van der Waals surface area (Å²) in [4.78, 5) is 14.7. The van der Waals surface area contributed by atoms with Gasteiger partial charge in [-0.1, -0.05) is 0 Å². The number of nitrogens with zero attached hydrogens (tertiary/aromatic N) is 2. The molecule has 6 heteroatoms. The third-order valence-electron chi connectivity index (χ3n) is 4.78. The van der Waals surface area contributed by atoms with E-state index >= 15 is 0 Å². The van der Waals surface area contributed by atoms with E-state index in [4.69, 9.17) is 5.53 Å². The first kappa shape index (κ1) is 21.3. The van der Waals surface area contributed by atoms with E-state index in [2.05, 4.69) is 20.2 Å². The molecule has 0 amide bonds. The normalized spacial score (nSPS) is 11.4. The summed E-state index contributed by atoms with van der Waals surface area (Å²) in [5, 5.41) is 10.5. The first-order valence-corrected chi connectivity index (χ1v) is 13.5. The van der Waals surface area contributed by atoms with Crippen molar-refractivity contribution in [3.63, 3.8) is 0 Å². The molecule has 0 saturated carbocycles. The van der Waals surface area contributed by atoms with Crippen molar-refractivity contribution in [1.29, 1.82) is 0 Å². The first-order valence-electron chi connectivity index (χ1n) is 9.31. The molecule has 0 radical (unpaired) electrons. The quantitative estimate of drug-likeness (QED) is 0.155. The molecule has 0 spiro atoms. The third-order valence-corrected chi connectivity index (χ3v) is 13.4. The van der Waals surface area contributed by atoms with Crippen LogP contribution in [0.3, 0.4) is 0 Å². The first-order chi connectivity index (χ1) is 14.6. The molecular weight excluding hydrogens is 437 g/mol. The van der Waals surface area contributed by atoms with E-state index < -0.39 is 31.1 Å². The van der Waals surface area contributed by atoms with Crippen LogP contribution in [0.25, 0.3) is 5.53 Å². The SMILES string of the molecule is COC(=O)C(=[N+]=[N-])C(O)C#[C][Ge]([c]1ccccc1)([c]1ccccc1)[c]1ccccc1. The van der Waals surface area contributed by atoms with Gasteiger partial charge in [0.15, 0.2) is 0 Å². The molecule has 3 rings (SSSR count). The van der Waals surface area contributed by atoms with Crippen molar-refractivity contribution in [2.45, 2.75) is 6.10 Å². The molecule has 0 aliphatic heterocycles. The average Bonchev–Trinajstić information content (AvgIpc) is 2.82. The fraction of sp³-hybridized carbons (Fsp3) is 0.0833. The number of esters is 1. The van der Waals surface area contributed by atoms with Crippen LogP contribution >= 0.6 is 0 Å². The summed E-state index contributed by atoms with van der Waals surface area (Å²) >= 11 is -3.59. The van der Waals surface area contributed by atoms with E-state index in [1.807, 2.05) is 91.0 Å². The number of carbonyl (C=O) groups excluding carboxylic acids is 1. The van der Waals surface area contributed by atoms with Gasteiger partial charge in [0, 0.05) is 0 Å². The van der Waals surface area contributed by atoms with Crippen molar-refractivity contribution in [1.82, 2.24) is 0 Å². The van der Waals surface area contributed by atoms with Gasteiger partial charge in [-0.05, 0) is 0 Å². The summed E-state index contributed by atoms with van der Waals surface area (Å²) in [7, 11) is 1.15. The van der Waals surface area contributed by atoms with Gasteiger partial charge in [-0.3, -0.25) is 0 Å². The van der Waals surface area contributed by atoms with Gasteiger partial charge >= 0.3 is 178 Å². The van der Waals surface area contributed by atoms with E-state index in [1.54, 1.807) is 0 Å². The molecule has 1 atom stereocenters. The number of rotatable bonds is 5. The molecule has 0 bridgehead atoms. The van der Waals surface area contributed by atoms with Crippen LogP contribution in [0.5, 0.6) is 0 Å². The van der Waals surface area contributed by atoms with Gasteiger partial charge in [0.1, 0.15) is 0 Å². The van der Waals surface area contributed by atoms with E-state index in [0.717, 1.165) is 20.3 Å². The van der Waals surface area contributed by atoms with E-state index in [0.29, 0.717) is 0 Å². The van der Waals surface area contributed by atoms with Crippen molar-refractivity contribution < 1.29 is 19.4 Å². The Morgan fingerprint density at radius 3 is 1.63 bits per heavy atom. The number of aliphatic hydroxyl groups is 1. The Bertz CT molecular complexity index is 1020. The predicted octanol–water partition coefficient (Wildman–Crippen LogP) is 0.904. The third kappa shape index (κ3) is 4.27. The van der Waals surface area contributed by atoms with Crippen LogP contribution in [-0.4, -0.2) is 48.1 Å². The Hall–Kier alpha value is -3.43. The van der Waals surface area contributed by atoms with Gasteiger partial charge in [0.05, 0.1) is 0 Å². The monoisotopic (exact) mass is 458 g/mol. The summed E-state index contributed by atoms with van der Waals surface area (Å²) in [6, 6.07) is 29.9. The Balaban J connectivity index is 2.28. The summed E-state index contributed by atoms with van der Waals surface area (Å²) in [5.74, 6) is 1.85. The Labute approximate surface area is 177 Å². The summed E-state index contributed by atoms with van der Waals surface area (Å²) in [6.07, 6.45) is -1.58. The van der Waals surface area contributed by atoms with Crippen LogP contribution in [0, 0.1) is 10.7 Å². The minimum atomic E-state index is -3.59. The van der Waals surface area contributed by atoms with Crippen molar-refractivity contribution in [3.8, 4) is 10.7 Å². The molecule has 0 heterocycles. The van der Waals surface area contributed by atoms with Gasteiger partial charge in [-0.25, -0.2) is 0 Å². The zero-order valence-corrected chi connectivity index (χ0v) is 18.5. The van der Waals surface area contributed by atoms with Crippen LogP contribution in [0.1, 0.15) is 0 Å². The Morgan fingerprint density at radius 1 is 0.900 bits per heavy atom. The topological polar surface area (TPSA) is 82.9 Å². The maximum atomic E-state index is 11.8. The van der Waals surface area contributed by atoms with E-state index in [-0.39, 0.29) is 0 Å². The summed E-state index contributed by atoms with van der Waals surface area (Å²) < 4.78 is 11.2. The molecule has 0 aromatic heterocycles. The van der Waals surface area contributed by atoms with Crippen LogP contribution in [0.2, 0.25) is 0 Å². The summed E-state index contributed by atoms with van der Waals surface area (Å²) in [5.41, 5.74) is 8.61. The van der Waals surface area contributed by atoms with E-state index in [1.165, 1.54) is 0 Å². The molecule has 0 fully saturated rings. The predicted molar refractivity (Wildman–Crippen MR) is 118 cm³/mol. The number of aliphatic hydroxyl groups excluding tert-OH is 1. The molecule has 30 heavy (non-hydrogen) atoms. The van der Waals surface area contributed by atoms with Gasteiger partial charge in [-0.2, -0.15) is 0 Å². The minimum absolute atomic E-state index is 0.546. The molecular formula is C24H20GeN2O3. The number of hydrogen-bond donors (Lipinski definition) is 1.